The van der Waals surface area contributed by atoms with Crippen LogP contribution < -0.4 is 10.9 Å². The number of rotatable bonds is 5. The zero-order valence-corrected chi connectivity index (χ0v) is 20.7. The number of nitrogens with one attached hydrogen (secondary N) is 1. The van der Waals surface area contributed by atoms with Crippen LogP contribution in [0.4, 0.5) is 5.82 Å². The summed E-state index contributed by atoms with van der Waals surface area (Å²) in [6, 6.07) is 18.9. The van der Waals surface area contributed by atoms with Crippen LogP contribution in [0.3, 0.4) is 0 Å². The normalized spacial score (nSPS) is 16.9. The van der Waals surface area contributed by atoms with Gasteiger partial charge in [-0.05, 0) is 61.9 Å². The van der Waals surface area contributed by atoms with Crippen LogP contribution in [0.15, 0.2) is 78.0 Å². The monoisotopic (exact) mass is 499 g/mol. The van der Waals surface area contributed by atoms with Crippen molar-refractivity contribution in [3.8, 4) is 5.69 Å². The van der Waals surface area contributed by atoms with Crippen molar-refractivity contribution in [2.75, 3.05) is 11.9 Å². The molecule has 1 fully saturated rings. The maximum atomic E-state index is 13.7. The van der Waals surface area contributed by atoms with E-state index >= 15 is 0 Å². The van der Waals surface area contributed by atoms with E-state index < -0.39 is 0 Å². The fourth-order valence-electron chi connectivity index (χ4n) is 5.02. The number of halogens is 1. The van der Waals surface area contributed by atoms with Gasteiger partial charge in [-0.15, -0.1) is 0 Å². The molecule has 1 aliphatic heterocycles. The zero-order valence-electron chi connectivity index (χ0n) is 19.9. The summed E-state index contributed by atoms with van der Waals surface area (Å²) in [6.45, 7) is 2.78. The lowest BCUT2D eigenvalue weighted by molar-refractivity contribution is -0.0295. The maximum Gasteiger partial charge on any atom is 0.264 e. The smallest absolute Gasteiger partial charge is 0.264 e. The minimum absolute atomic E-state index is 0.00933. The largest absolute Gasteiger partial charge is 0.360 e. The van der Waals surface area contributed by atoms with Gasteiger partial charge in [0.15, 0.2) is 5.82 Å². The summed E-state index contributed by atoms with van der Waals surface area (Å²) in [5.74, 6) is 0.660. The van der Waals surface area contributed by atoms with Gasteiger partial charge in [0.25, 0.3) is 5.56 Å². The van der Waals surface area contributed by atoms with Crippen LogP contribution in [0, 0.1) is 0 Å². The van der Waals surface area contributed by atoms with E-state index in [0.29, 0.717) is 16.2 Å². The topological polar surface area (TPSA) is 74.0 Å². The second-order valence-corrected chi connectivity index (χ2v) is 9.52. The number of fused-ring (bicyclic) bond motifs is 2. The number of pyridine rings is 2. The molecule has 7 nitrogen and oxygen atoms in total. The van der Waals surface area contributed by atoms with Crippen molar-refractivity contribution in [3.05, 3.63) is 94.3 Å². The second-order valence-electron chi connectivity index (χ2n) is 9.12. The minimum Gasteiger partial charge on any atom is -0.360 e. The second kappa shape index (κ2) is 9.41. The van der Waals surface area contributed by atoms with Gasteiger partial charge in [-0.25, -0.2) is 9.97 Å². The summed E-state index contributed by atoms with van der Waals surface area (Å²) in [5.41, 5.74) is 3.17. The van der Waals surface area contributed by atoms with Crippen molar-refractivity contribution in [2.24, 2.45) is 0 Å². The van der Waals surface area contributed by atoms with Gasteiger partial charge in [-0.2, -0.15) is 0 Å². The molecule has 0 spiro atoms. The first-order valence-electron chi connectivity index (χ1n) is 12.2. The molecule has 1 N–H and O–H groups in total. The Labute approximate surface area is 213 Å². The number of hydrogen-bond acceptors (Lipinski definition) is 5. The lowest BCUT2D eigenvalue weighted by Crippen LogP contribution is -2.25. The number of aromatic nitrogens is 4. The number of nitrogens with zero attached hydrogens (tertiary/aromatic N) is 4. The Kier molecular flexibility index (Phi) is 5.95. The molecule has 2 atom stereocenters. The third-order valence-corrected chi connectivity index (χ3v) is 7.11. The molecular weight excluding hydrogens is 474 g/mol. The molecule has 0 radical (unpaired) electrons. The Hall–Kier alpha value is -3.68. The lowest BCUT2D eigenvalue weighted by atomic mass is 10.1. The molecule has 1 unspecified atom stereocenters. The van der Waals surface area contributed by atoms with Gasteiger partial charge in [0.2, 0.25) is 0 Å². The van der Waals surface area contributed by atoms with E-state index in [-0.39, 0.29) is 17.8 Å². The summed E-state index contributed by atoms with van der Waals surface area (Å²) in [5, 5.41) is 5.26. The molecule has 1 saturated heterocycles. The SMILES string of the molecule is C[C@H](Nc1nccc2c1ncn2C1CCCCO1)c1cc2cccc(Cl)c2c(=O)n1-c1ccccc1. The molecule has 4 heterocycles. The van der Waals surface area contributed by atoms with Crippen LogP contribution in [0.5, 0.6) is 0 Å². The molecule has 3 aromatic heterocycles. The molecular formula is C28H26ClN5O2. The van der Waals surface area contributed by atoms with E-state index in [0.717, 1.165) is 53.7 Å². The van der Waals surface area contributed by atoms with Crippen LogP contribution in [0.1, 0.15) is 44.1 Å². The Morgan fingerprint density at radius 3 is 2.75 bits per heavy atom. The highest BCUT2D eigenvalue weighted by atomic mass is 35.5. The summed E-state index contributed by atoms with van der Waals surface area (Å²) >= 11 is 6.46. The Morgan fingerprint density at radius 1 is 1.08 bits per heavy atom. The van der Waals surface area contributed by atoms with E-state index in [1.54, 1.807) is 16.8 Å². The highest BCUT2D eigenvalue weighted by Crippen LogP contribution is 2.31. The van der Waals surface area contributed by atoms with E-state index in [1.807, 2.05) is 67.8 Å². The van der Waals surface area contributed by atoms with E-state index in [9.17, 15) is 4.79 Å². The molecule has 8 heteroatoms. The third-order valence-electron chi connectivity index (χ3n) is 6.79. The fourth-order valence-corrected chi connectivity index (χ4v) is 5.28. The molecule has 6 rings (SSSR count). The van der Waals surface area contributed by atoms with Gasteiger partial charge >= 0.3 is 0 Å². The van der Waals surface area contributed by atoms with Crippen LogP contribution in [0.2, 0.25) is 5.02 Å². The number of imidazole rings is 1. The standard InChI is InChI=1S/C28H26ClN5O2/c1-18(32-27-26-22(13-14-30-27)33(17-31-26)24-12-5-6-15-36-24)23-16-19-8-7-11-21(29)25(19)28(35)34(23)20-9-3-2-4-10-20/h2-4,7-11,13-14,16-18,24H,5-6,12,15H2,1H3,(H,30,32)/t18-,24?/m0/s1. The number of hydrogen-bond donors (Lipinski definition) is 1. The van der Waals surface area contributed by atoms with Gasteiger partial charge in [-0.3, -0.25) is 9.36 Å². The fraction of sp³-hybridized carbons (Fsp3) is 0.250. The number of para-hydroxylation sites is 1. The number of ether oxygens (including phenoxy) is 1. The van der Waals surface area contributed by atoms with E-state index in [2.05, 4.69) is 19.9 Å². The van der Waals surface area contributed by atoms with E-state index in [4.69, 9.17) is 16.3 Å². The van der Waals surface area contributed by atoms with Gasteiger partial charge in [0, 0.05) is 24.2 Å². The highest BCUT2D eigenvalue weighted by molar-refractivity contribution is 6.35. The Balaban J connectivity index is 1.44. The van der Waals surface area contributed by atoms with Crippen molar-refractivity contribution in [1.29, 1.82) is 0 Å². The van der Waals surface area contributed by atoms with Crippen LogP contribution in [-0.4, -0.2) is 25.7 Å². The average molecular weight is 500 g/mol. The first kappa shape index (κ1) is 22.8. The van der Waals surface area contributed by atoms with Crippen LogP contribution in [-0.2, 0) is 4.74 Å². The highest BCUT2D eigenvalue weighted by Gasteiger charge is 2.22. The van der Waals surface area contributed by atoms with Gasteiger partial charge in [0.05, 0.1) is 28.3 Å². The first-order valence-corrected chi connectivity index (χ1v) is 12.6. The van der Waals surface area contributed by atoms with Crippen molar-refractivity contribution >= 4 is 39.2 Å². The predicted molar refractivity (Wildman–Crippen MR) is 143 cm³/mol. The minimum atomic E-state index is -0.254. The molecule has 36 heavy (non-hydrogen) atoms. The third kappa shape index (κ3) is 3.94. The van der Waals surface area contributed by atoms with Crippen molar-refractivity contribution < 1.29 is 4.74 Å². The van der Waals surface area contributed by atoms with Crippen molar-refractivity contribution in [3.63, 3.8) is 0 Å². The van der Waals surface area contributed by atoms with Crippen molar-refractivity contribution in [2.45, 2.75) is 38.5 Å². The average Bonchev–Trinajstić information content (AvgIpc) is 3.35. The number of benzene rings is 2. The van der Waals surface area contributed by atoms with E-state index in [1.165, 1.54) is 0 Å². The zero-order chi connectivity index (χ0) is 24.6. The molecule has 0 aliphatic carbocycles. The summed E-state index contributed by atoms with van der Waals surface area (Å²) in [7, 11) is 0. The summed E-state index contributed by atoms with van der Waals surface area (Å²) < 4.78 is 9.79. The van der Waals surface area contributed by atoms with Gasteiger partial charge in [0.1, 0.15) is 11.7 Å². The Bertz CT molecular complexity index is 1610. The molecule has 0 bridgehead atoms. The van der Waals surface area contributed by atoms with Crippen molar-refractivity contribution in [1.82, 2.24) is 19.1 Å². The van der Waals surface area contributed by atoms with Crippen LogP contribution in [0.25, 0.3) is 27.5 Å². The number of anilines is 1. The summed E-state index contributed by atoms with van der Waals surface area (Å²) in [6.07, 6.45) is 6.80. The molecule has 182 valence electrons. The first-order chi connectivity index (χ1) is 17.6. The molecule has 1 aliphatic rings. The lowest BCUT2D eigenvalue weighted by Gasteiger charge is -2.24. The molecule has 0 amide bonds. The summed E-state index contributed by atoms with van der Waals surface area (Å²) in [4.78, 5) is 23.0. The molecule has 2 aromatic carbocycles. The maximum absolute atomic E-state index is 13.7. The van der Waals surface area contributed by atoms with Gasteiger partial charge in [-0.1, -0.05) is 41.9 Å². The van der Waals surface area contributed by atoms with Gasteiger partial charge < -0.3 is 14.6 Å². The van der Waals surface area contributed by atoms with Crippen LogP contribution >= 0.6 is 11.6 Å². The molecule has 0 saturated carbocycles. The Morgan fingerprint density at radius 2 is 1.94 bits per heavy atom. The quantitative estimate of drug-likeness (QED) is 0.309. The molecule has 5 aromatic rings. The predicted octanol–water partition coefficient (Wildman–Crippen LogP) is 6.26.